The van der Waals surface area contributed by atoms with E-state index in [4.69, 9.17) is 5.11 Å². The molecule has 1 amide bonds. The molecule has 21 heavy (non-hydrogen) atoms. The number of carbonyl (C=O) groups excluding carboxylic acids is 1. The lowest BCUT2D eigenvalue weighted by molar-refractivity contribution is -0.131. The smallest absolute Gasteiger partial charge is 0.328 e. The van der Waals surface area contributed by atoms with Gasteiger partial charge in [-0.05, 0) is 36.6 Å². The molecule has 1 saturated heterocycles. The molecule has 0 aliphatic carbocycles. The van der Waals surface area contributed by atoms with Crippen molar-refractivity contribution in [2.24, 2.45) is 5.92 Å². The van der Waals surface area contributed by atoms with E-state index in [1.54, 1.807) is 13.2 Å². The molecule has 1 fully saturated rings. The van der Waals surface area contributed by atoms with Crippen molar-refractivity contribution in [2.45, 2.75) is 12.8 Å². The Hall–Kier alpha value is -2.37. The number of rotatable bonds is 4. The molecular weight excluding hydrogens is 270 g/mol. The molecule has 0 saturated carbocycles. The number of amides is 1. The molecule has 0 radical (unpaired) electrons. The number of nitrogens with one attached hydrogen (secondary N) is 1. The average molecular weight is 289 g/mol. The SMILES string of the molecule is CNC(=O)C1CCN(c2ccc(/C=C/C(=O)O)cn2)CC1. The number of carboxylic acids is 1. The summed E-state index contributed by atoms with van der Waals surface area (Å²) >= 11 is 0. The number of pyridine rings is 1. The van der Waals surface area contributed by atoms with Crippen LogP contribution in [0.4, 0.5) is 5.82 Å². The van der Waals surface area contributed by atoms with Crippen LogP contribution in [0.25, 0.3) is 6.08 Å². The van der Waals surface area contributed by atoms with Gasteiger partial charge < -0.3 is 15.3 Å². The van der Waals surface area contributed by atoms with Gasteiger partial charge >= 0.3 is 5.97 Å². The molecular formula is C15H19N3O3. The number of hydrogen-bond donors (Lipinski definition) is 2. The molecule has 112 valence electrons. The molecule has 0 spiro atoms. The van der Waals surface area contributed by atoms with Gasteiger partial charge in [0.15, 0.2) is 0 Å². The van der Waals surface area contributed by atoms with E-state index in [2.05, 4.69) is 15.2 Å². The zero-order chi connectivity index (χ0) is 15.2. The Kier molecular flexibility index (Phi) is 4.92. The summed E-state index contributed by atoms with van der Waals surface area (Å²) in [6, 6.07) is 3.72. The highest BCUT2D eigenvalue weighted by Gasteiger charge is 2.24. The van der Waals surface area contributed by atoms with Gasteiger partial charge in [-0.1, -0.05) is 0 Å². The first-order chi connectivity index (χ1) is 10.1. The number of carbonyl (C=O) groups is 2. The number of hydrogen-bond acceptors (Lipinski definition) is 4. The summed E-state index contributed by atoms with van der Waals surface area (Å²) in [6.07, 6.45) is 5.89. The van der Waals surface area contributed by atoms with Crippen LogP contribution in [0.2, 0.25) is 0 Å². The zero-order valence-electron chi connectivity index (χ0n) is 12.0. The van der Waals surface area contributed by atoms with Crippen LogP contribution in [0.5, 0.6) is 0 Å². The fourth-order valence-electron chi connectivity index (χ4n) is 2.43. The summed E-state index contributed by atoms with van der Waals surface area (Å²) < 4.78 is 0. The maximum atomic E-state index is 11.6. The van der Waals surface area contributed by atoms with Gasteiger partial charge in [-0.15, -0.1) is 0 Å². The quantitative estimate of drug-likeness (QED) is 0.812. The summed E-state index contributed by atoms with van der Waals surface area (Å²) in [5.74, 6) is 0.0777. The van der Waals surface area contributed by atoms with Crippen LogP contribution >= 0.6 is 0 Å². The maximum Gasteiger partial charge on any atom is 0.328 e. The number of nitrogens with zero attached hydrogens (tertiary/aromatic N) is 2. The minimum Gasteiger partial charge on any atom is -0.478 e. The van der Waals surface area contributed by atoms with Gasteiger partial charge in [-0.3, -0.25) is 4.79 Å². The third-order valence-electron chi connectivity index (χ3n) is 3.63. The van der Waals surface area contributed by atoms with Crippen molar-refractivity contribution in [1.29, 1.82) is 0 Å². The first kappa shape index (κ1) is 15.0. The van der Waals surface area contributed by atoms with E-state index in [0.717, 1.165) is 43.4 Å². The van der Waals surface area contributed by atoms with Gasteiger partial charge in [-0.2, -0.15) is 0 Å². The minimum atomic E-state index is -0.977. The van der Waals surface area contributed by atoms with Crippen molar-refractivity contribution >= 4 is 23.8 Å². The van der Waals surface area contributed by atoms with Gasteiger partial charge in [0.25, 0.3) is 0 Å². The molecule has 2 heterocycles. The summed E-state index contributed by atoms with van der Waals surface area (Å²) in [5.41, 5.74) is 0.751. The molecule has 1 aliphatic rings. The molecule has 6 nitrogen and oxygen atoms in total. The highest BCUT2D eigenvalue weighted by atomic mass is 16.4. The van der Waals surface area contributed by atoms with E-state index < -0.39 is 5.97 Å². The standard InChI is InChI=1S/C15H19N3O3/c1-16-15(21)12-6-8-18(9-7-12)13-4-2-11(10-17-13)3-5-14(19)20/h2-5,10,12H,6-9H2,1H3,(H,16,21)(H,19,20)/b5-3+. The van der Waals surface area contributed by atoms with Crippen LogP contribution in [0.1, 0.15) is 18.4 Å². The van der Waals surface area contributed by atoms with E-state index in [-0.39, 0.29) is 11.8 Å². The lowest BCUT2D eigenvalue weighted by Crippen LogP contribution is -2.39. The van der Waals surface area contributed by atoms with Crippen LogP contribution in [0, 0.1) is 5.92 Å². The second-order valence-corrected chi connectivity index (χ2v) is 5.00. The summed E-state index contributed by atoms with van der Waals surface area (Å²) in [5, 5.41) is 11.3. The van der Waals surface area contributed by atoms with Gasteiger partial charge in [-0.25, -0.2) is 9.78 Å². The molecule has 1 aromatic heterocycles. The molecule has 6 heteroatoms. The van der Waals surface area contributed by atoms with E-state index in [1.165, 1.54) is 6.08 Å². The lowest BCUT2D eigenvalue weighted by atomic mass is 9.96. The van der Waals surface area contributed by atoms with E-state index >= 15 is 0 Å². The molecule has 0 aromatic carbocycles. The molecule has 2 rings (SSSR count). The minimum absolute atomic E-state index is 0.0871. The molecule has 1 aliphatic heterocycles. The lowest BCUT2D eigenvalue weighted by Gasteiger charge is -2.31. The Labute approximate surface area is 123 Å². The Morgan fingerprint density at radius 2 is 2.10 bits per heavy atom. The molecule has 1 aromatic rings. The van der Waals surface area contributed by atoms with Crippen LogP contribution < -0.4 is 10.2 Å². The molecule has 2 N–H and O–H groups in total. The number of aliphatic carboxylic acids is 1. The fourth-order valence-corrected chi connectivity index (χ4v) is 2.43. The van der Waals surface area contributed by atoms with Crippen molar-refractivity contribution in [3.8, 4) is 0 Å². The fraction of sp³-hybridized carbons (Fsp3) is 0.400. The predicted octanol–water partition coefficient (Wildman–Crippen LogP) is 1.14. The first-order valence-electron chi connectivity index (χ1n) is 6.93. The summed E-state index contributed by atoms with van der Waals surface area (Å²) in [7, 11) is 1.67. The van der Waals surface area contributed by atoms with Crippen molar-refractivity contribution < 1.29 is 14.7 Å². The van der Waals surface area contributed by atoms with Gasteiger partial charge in [0, 0.05) is 38.3 Å². The number of carboxylic acid groups (broad SMARTS) is 1. The predicted molar refractivity (Wildman–Crippen MR) is 79.9 cm³/mol. The summed E-state index contributed by atoms with van der Waals surface area (Å²) in [4.78, 5) is 28.5. The third-order valence-corrected chi connectivity index (χ3v) is 3.63. The Balaban J connectivity index is 1.95. The van der Waals surface area contributed by atoms with Crippen molar-refractivity contribution in [3.05, 3.63) is 30.0 Å². The Bertz CT molecular complexity index is 532. The largest absolute Gasteiger partial charge is 0.478 e. The van der Waals surface area contributed by atoms with Crippen LogP contribution in [0.3, 0.4) is 0 Å². The van der Waals surface area contributed by atoms with E-state index in [9.17, 15) is 9.59 Å². The van der Waals surface area contributed by atoms with Crippen molar-refractivity contribution in [1.82, 2.24) is 10.3 Å². The zero-order valence-corrected chi connectivity index (χ0v) is 12.0. The Morgan fingerprint density at radius 1 is 1.38 bits per heavy atom. The van der Waals surface area contributed by atoms with Gasteiger partial charge in [0.2, 0.25) is 5.91 Å². The van der Waals surface area contributed by atoms with E-state index in [1.807, 2.05) is 12.1 Å². The molecule has 0 atom stereocenters. The average Bonchev–Trinajstić information content (AvgIpc) is 2.53. The van der Waals surface area contributed by atoms with Crippen LogP contribution in [-0.2, 0) is 9.59 Å². The highest BCUT2D eigenvalue weighted by molar-refractivity contribution is 5.85. The Morgan fingerprint density at radius 3 is 2.62 bits per heavy atom. The number of anilines is 1. The van der Waals surface area contributed by atoms with Crippen LogP contribution in [-0.4, -0.2) is 42.1 Å². The third kappa shape index (κ3) is 4.05. The van der Waals surface area contributed by atoms with Crippen molar-refractivity contribution in [3.63, 3.8) is 0 Å². The topological polar surface area (TPSA) is 82.5 Å². The number of piperidine rings is 1. The second-order valence-electron chi connectivity index (χ2n) is 5.00. The normalized spacial score (nSPS) is 16.1. The number of aromatic nitrogens is 1. The second kappa shape index (κ2) is 6.88. The van der Waals surface area contributed by atoms with Crippen LogP contribution in [0.15, 0.2) is 24.4 Å². The maximum absolute atomic E-state index is 11.6. The molecule has 0 bridgehead atoms. The monoisotopic (exact) mass is 289 g/mol. The van der Waals surface area contributed by atoms with Gasteiger partial charge in [0.05, 0.1) is 0 Å². The first-order valence-corrected chi connectivity index (χ1v) is 6.93. The summed E-state index contributed by atoms with van der Waals surface area (Å²) in [6.45, 7) is 1.60. The van der Waals surface area contributed by atoms with Gasteiger partial charge in [0.1, 0.15) is 5.82 Å². The highest BCUT2D eigenvalue weighted by Crippen LogP contribution is 2.22. The van der Waals surface area contributed by atoms with Crippen molar-refractivity contribution in [2.75, 3.05) is 25.0 Å². The molecule has 0 unspecified atom stereocenters. The van der Waals surface area contributed by atoms with E-state index in [0.29, 0.717) is 0 Å².